The summed E-state index contributed by atoms with van der Waals surface area (Å²) in [6, 6.07) is 10.6. The maximum absolute atomic E-state index is 13.5. The number of hydrogen-bond acceptors (Lipinski definition) is 5. The summed E-state index contributed by atoms with van der Waals surface area (Å²) in [5.74, 6) is -3.39. The van der Waals surface area contributed by atoms with E-state index >= 15 is 0 Å². The maximum atomic E-state index is 13.5. The molecule has 1 unspecified atom stereocenters. The van der Waals surface area contributed by atoms with Crippen LogP contribution in [0.2, 0.25) is 0 Å². The van der Waals surface area contributed by atoms with Crippen LogP contribution < -0.4 is 5.32 Å². The summed E-state index contributed by atoms with van der Waals surface area (Å²) in [6.07, 6.45) is 3.09. The van der Waals surface area contributed by atoms with E-state index in [1.807, 2.05) is 26.0 Å². The minimum atomic E-state index is -2.52. The largest absolute Gasteiger partial charge is 0.478 e. The zero-order chi connectivity index (χ0) is 24.5. The average Bonchev–Trinajstić information content (AvgIpc) is 3.14. The lowest BCUT2D eigenvalue weighted by Crippen LogP contribution is -2.52. The minimum absolute atomic E-state index is 0.0252. The molecule has 0 aliphatic heterocycles. The van der Waals surface area contributed by atoms with Crippen molar-refractivity contribution in [2.24, 2.45) is 5.41 Å². The predicted octanol–water partition coefficient (Wildman–Crippen LogP) is 6.85. The Hall–Kier alpha value is -3.55. The van der Waals surface area contributed by atoms with E-state index in [9.17, 15) is 18.7 Å². The van der Waals surface area contributed by atoms with Crippen molar-refractivity contribution in [2.45, 2.75) is 57.4 Å². The van der Waals surface area contributed by atoms with Crippen molar-refractivity contribution in [3.05, 3.63) is 64.8 Å². The molecule has 2 heterocycles. The van der Waals surface area contributed by atoms with Crippen LogP contribution in [-0.4, -0.2) is 27.2 Å². The van der Waals surface area contributed by atoms with Crippen LogP contribution in [0.25, 0.3) is 22.1 Å². The quantitative estimate of drug-likeness (QED) is 0.327. The van der Waals surface area contributed by atoms with E-state index in [0.29, 0.717) is 22.4 Å². The Balaban J connectivity index is 1.38. The van der Waals surface area contributed by atoms with Crippen molar-refractivity contribution < 1.29 is 23.1 Å². The molecule has 8 heteroatoms. The van der Waals surface area contributed by atoms with Crippen LogP contribution in [0.5, 0.6) is 0 Å². The van der Waals surface area contributed by atoms with Crippen molar-refractivity contribution in [3.8, 4) is 0 Å². The number of alkyl halides is 2. The minimum Gasteiger partial charge on any atom is -0.478 e. The molecule has 2 aliphatic carbocycles. The van der Waals surface area contributed by atoms with Crippen LogP contribution in [0.3, 0.4) is 0 Å². The van der Waals surface area contributed by atoms with Crippen LogP contribution in [0.1, 0.15) is 71.6 Å². The molecule has 2 aromatic carbocycles. The van der Waals surface area contributed by atoms with E-state index in [2.05, 4.69) is 15.5 Å². The van der Waals surface area contributed by atoms with Gasteiger partial charge in [0.2, 0.25) is 5.92 Å². The highest BCUT2D eigenvalue weighted by Crippen LogP contribution is 2.67. The number of rotatable bonds is 5. The average molecular weight is 478 g/mol. The van der Waals surface area contributed by atoms with E-state index in [0.717, 1.165) is 34.9 Å². The van der Waals surface area contributed by atoms with Crippen LogP contribution in [0.15, 0.2) is 47.0 Å². The number of para-hydroxylation sites is 1. The Bertz CT molecular complexity index is 1480. The number of aromatic carboxylic acids is 1. The number of aromatic nitrogens is 2. The molecule has 2 saturated carbocycles. The Morgan fingerprint density at radius 2 is 1.94 bits per heavy atom. The Labute approximate surface area is 200 Å². The number of carbonyl (C=O) groups is 1. The molecular weight excluding hydrogens is 452 g/mol. The molecule has 0 amide bonds. The first kappa shape index (κ1) is 21.9. The second kappa shape index (κ2) is 7.47. The number of aryl methyl sites for hydroxylation is 1. The lowest BCUT2D eigenvalue weighted by atomic mass is 9.49. The normalized spacial score (nSPS) is 19.4. The van der Waals surface area contributed by atoms with E-state index in [4.69, 9.17) is 4.42 Å². The number of furan rings is 1. The third-order valence-corrected chi connectivity index (χ3v) is 7.61. The maximum Gasteiger partial charge on any atom is 0.337 e. The lowest BCUT2D eigenvalue weighted by Gasteiger charge is -2.57. The molecule has 2 fully saturated rings. The smallest absolute Gasteiger partial charge is 0.337 e. The van der Waals surface area contributed by atoms with Crippen LogP contribution in [0.4, 0.5) is 14.5 Å². The molecule has 2 N–H and O–H groups in total. The number of hydrogen-bond donors (Lipinski definition) is 2. The zero-order valence-electron chi connectivity index (χ0n) is 19.4. The van der Waals surface area contributed by atoms with Gasteiger partial charge in [-0.3, -0.25) is 0 Å². The van der Waals surface area contributed by atoms with Crippen molar-refractivity contribution in [1.29, 1.82) is 0 Å². The monoisotopic (exact) mass is 477 g/mol. The van der Waals surface area contributed by atoms with Gasteiger partial charge >= 0.3 is 5.97 Å². The molecule has 0 saturated heterocycles. The topological polar surface area (TPSA) is 88.2 Å². The van der Waals surface area contributed by atoms with Crippen molar-refractivity contribution >= 4 is 33.7 Å². The van der Waals surface area contributed by atoms with Gasteiger partial charge in [-0.25, -0.2) is 13.6 Å². The molecule has 180 valence electrons. The summed E-state index contributed by atoms with van der Waals surface area (Å²) in [7, 11) is 0. The molecular formula is C27H25F2N3O3. The van der Waals surface area contributed by atoms with Gasteiger partial charge in [-0.15, -0.1) is 5.10 Å². The van der Waals surface area contributed by atoms with E-state index in [-0.39, 0.29) is 35.8 Å². The van der Waals surface area contributed by atoms with Gasteiger partial charge in [-0.2, -0.15) is 5.10 Å². The number of benzene rings is 2. The van der Waals surface area contributed by atoms with Gasteiger partial charge in [0.1, 0.15) is 11.1 Å². The SMILES string of the molecule is Cc1cc(C(C)Nc2ccccc2C(=O)O)c2oc3c(C4CC5(C4)CC(F)(F)C5)cnnc3c2c1. The van der Waals surface area contributed by atoms with Gasteiger partial charge in [0.05, 0.1) is 17.8 Å². The summed E-state index contributed by atoms with van der Waals surface area (Å²) in [5, 5.41) is 22.3. The number of nitrogens with one attached hydrogen (secondary N) is 1. The zero-order valence-corrected chi connectivity index (χ0v) is 19.4. The summed E-state index contributed by atoms with van der Waals surface area (Å²) in [6.45, 7) is 3.95. The van der Waals surface area contributed by atoms with Gasteiger partial charge in [0.25, 0.3) is 0 Å². The first-order valence-corrected chi connectivity index (χ1v) is 11.8. The fourth-order valence-corrected chi connectivity index (χ4v) is 6.12. The predicted molar refractivity (Wildman–Crippen MR) is 128 cm³/mol. The van der Waals surface area contributed by atoms with Crippen LogP contribution in [0, 0.1) is 12.3 Å². The molecule has 0 bridgehead atoms. The summed E-state index contributed by atoms with van der Waals surface area (Å²) in [4.78, 5) is 11.7. The second-order valence-electron chi connectivity index (χ2n) is 10.3. The van der Waals surface area contributed by atoms with Crippen molar-refractivity contribution in [3.63, 3.8) is 0 Å². The summed E-state index contributed by atoms with van der Waals surface area (Å²) in [5.41, 5.74) is 5.29. The van der Waals surface area contributed by atoms with Crippen molar-refractivity contribution in [2.75, 3.05) is 5.32 Å². The molecule has 6 rings (SSSR count). The Morgan fingerprint density at radius 1 is 1.20 bits per heavy atom. The van der Waals surface area contributed by atoms with E-state index < -0.39 is 11.9 Å². The molecule has 6 nitrogen and oxygen atoms in total. The second-order valence-corrected chi connectivity index (χ2v) is 10.3. The van der Waals surface area contributed by atoms with Crippen molar-refractivity contribution in [1.82, 2.24) is 10.2 Å². The Kier molecular flexibility index (Phi) is 4.69. The first-order chi connectivity index (χ1) is 16.6. The highest BCUT2D eigenvalue weighted by molar-refractivity contribution is 6.05. The van der Waals surface area contributed by atoms with Gasteiger partial charge in [-0.1, -0.05) is 18.2 Å². The number of halogens is 2. The van der Waals surface area contributed by atoms with E-state index in [1.165, 1.54) is 0 Å². The third-order valence-electron chi connectivity index (χ3n) is 7.61. The standard InChI is InChI=1S/C27H25F2N3O3/c1-14-7-18(15(2)31-21-6-4-3-5-17(21)25(33)34)23-19(8-14)22-24(35-23)20(11-30-32-22)16-9-26(10-16)12-27(28,29)13-26/h3-8,11,15-16,31H,9-10,12-13H2,1-2H3,(H,33,34). The first-order valence-electron chi connectivity index (χ1n) is 11.8. The van der Waals surface area contributed by atoms with Crippen LogP contribution in [-0.2, 0) is 0 Å². The highest BCUT2D eigenvalue weighted by Gasteiger charge is 2.62. The number of fused-ring (bicyclic) bond motifs is 3. The molecule has 4 aromatic rings. The number of nitrogens with zero attached hydrogens (tertiary/aromatic N) is 2. The van der Waals surface area contributed by atoms with Gasteiger partial charge in [0.15, 0.2) is 5.58 Å². The fraction of sp³-hybridized carbons (Fsp3) is 0.370. The Morgan fingerprint density at radius 3 is 2.66 bits per heavy atom. The summed E-state index contributed by atoms with van der Waals surface area (Å²) < 4.78 is 33.4. The number of carboxylic acid groups (broad SMARTS) is 1. The molecule has 2 aliphatic rings. The molecule has 2 aromatic heterocycles. The fourth-order valence-electron chi connectivity index (χ4n) is 6.12. The lowest BCUT2D eigenvalue weighted by molar-refractivity contribution is -0.196. The molecule has 35 heavy (non-hydrogen) atoms. The number of carboxylic acids is 1. The van der Waals surface area contributed by atoms with Gasteiger partial charge in [-0.05, 0) is 61.8 Å². The number of anilines is 1. The highest BCUT2D eigenvalue weighted by atomic mass is 19.3. The molecule has 0 radical (unpaired) electrons. The van der Waals surface area contributed by atoms with Gasteiger partial charge < -0.3 is 14.8 Å². The van der Waals surface area contributed by atoms with Crippen LogP contribution >= 0.6 is 0 Å². The third kappa shape index (κ3) is 3.54. The van der Waals surface area contributed by atoms with Gasteiger partial charge in [0, 0.05) is 35.0 Å². The molecule has 1 atom stereocenters. The molecule has 1 spiro atoms. The summed E-state index contributed by atoms with van der Waals surface area (Å²) >= 11 is 0. The van der Waals surface area contributed by atoms with E-state index in [1.54, 1.807) is 30.5 Å².